The van der Waals surface area contributed by atoms with Gasteiger partial charge in [0.15, 0.2) is 0 Å². The number of amides is 2. The number of aromatic amines is 1. The molecule has 9 nitrogen and oxygen atoms in total. The Balaban J connectivity index is 1.57. The van der Waals surface area contributed by atoms with E-state index in [1.807, 2.05) is 31.2 Å². The van der Waals surface area contributed by atoms with Gasteiger partial charge >= 0.3 is 0 Å². The molecule has 2 aromatic heterocycles. The zero-order chi connectivity index (χ0) is 24.2. The minimum Gasteiger partial charge on any atom is -0.371 e. The number of aryl methyl sites for hydroxylation is 1. The maximum absolute atomic E-state index is 14.8. The van der Waals surface area contributed by atoms with Crippen molar-refractivity contribution in [2.75, 3.05) is 10.6 Å². The van der Waals surface area contributed by atoms with E-state index in [1.54, 1.807) is 18.5 Å². The van der Waals surface area contributed by atoms with Crippen LogP contribution in [-0.4, -0.2) is 32.2 Å². The molecule has 0 bridgehead atoms. The molecule has 1 unspecified atom stereocenters. The predicted octanol–water partition coefficient (Wildman–Crippen LogP) is 3.33. The molecule has 1 atom stereocenters. The number of nitrogens with one attached hydrogen (secondary N) is 3. The second-order valence-electron chi connectivity index (χ2n) is 7.64. The van der Waals surface area contributed by atoms with Crippen LogP contribution in [0.5, 0.6) is 0 Å². The fourth-order valence-electron chi connectivity index (χ4n) is 3.41. The normalized spacial score (nSPS) is 11.7. The first-order chi connectivity index (χ1) is 16.3. The number of anilines is 3. The zero-order valence-electron chi connectivity index (χ0n) is 18.1. The van der Waals surface area contributed by atoms with Crippen LogP contribution in [0.25, 0.3) is 11.4 Å². The second kappa shape index (κ2) is 9.71. The first kappa shape index (κ1) is 22.9. The molecule has 0 spiro atoms. The molecule has 0 radical (unpaired) electrons. The summed E-state index contributed by atoms with van der Waals surface area (Å²) in [5, 5.41) is 6.55. The number of carbonyl (C=O) groups excluding carboxylic acids is 2. The summed E-state index contributed by atoms with van der Waals surface area (Å²) in [7, 11) is 0. The molecule has 174 valence electrons. The summed E-state index contributed by atoms with van der Waals surface area (Å²) in [6, 6.07) is 10.7. The number of aromatic nitrogens is 3. The minimum absolute atomic E-state index is 0.00439. The molecule has 4 rings (SSSR count). The van der Waals surface area contributed by atoms with E-state index in [2.05, 4.69) is 25.0 Å². The zero-order valence-corrected chi connectivity index (χ0v) is 18.9. The predicted molar refractivity (Wildman–Crippen MR) is 129 cm³/mol. The van der Waals surface area contributed by atoms with Gasteiger partial charge in [0, 0.05) is 24.4 Å². The van der Waals surface area contributed by atoms with Crippen LogP contribution < -0.4 is 22.1 Å². The number of primary amides is 2. The van der Waals surface area contributed by atoms with Crippen molar-refractivity contribution in [3.8, 4) is 11.4 Å². The fourth-order valence-corrected chi connectivity index (χ4v) is 4.09. The van der Waals surface area contributed by atoms with Gasteiger partial charge in [-0.2, -0.15) is 4.37 Å². The van der Waals surface area contributed by atoms with Gasteiger partial charge in [-0.05, 0) is 42.2 Å². The van der Waals surface area contributed by atoms with Gasteiger partial charge in [0.2, 0.25) is 5.91 Å². The quantitative estimate of drug-likeness (QED) is 0.248. The topological polar surface area (TPSA) is 152 Å². The van der Waals surface area contributed by atoms with E-state index >= 15 is 0 Å². The Bertz CT molecular complexity index is 1320. The van der Waals surface area contributed by atoms with Crippen LogP contribution in [0.1, 0.15) is 21.6 Å². The summed E-state index contributed by atoms with van der Waals surface area (Å²) >= 11 is 1.19. The lowest BCUT2D eigenvalue weighted by atomic mass is 10.0. The average Bonchev–Trinajstić information content (AvgIpc) is 3.47. The van der Waals surface area contributed by atoms with Crippen molar-refractivity contribution in [3.63, 3.8) is 0 Å². The van der Waals surface area contributed by atoms with Gasteiger partial charge in [-0.3, -0.25) is 9.59 Å². The van der Waals surface area contributed by atoms with Crippen LogP contribution in [0.15, 0.2) is 54.9 Å². The molecule has 4 aromatic rings. The Morgan fingerprint density at radius 1 is 1.15 bits per heavy atom. The number of rotatable bonds is 9. The Labute approximate surface area is 198 Å². The van der Waals surface area contributed by atoms with E-state index in [0.717, 1.165) is 28.7 Å². The summed E-state index contributed by atoms with van der Waals surface area (Å²) in [5.41, 5.74) is 13.8. The number of H-pyrrole nitrogens is 1. The molecule has 0 aliphatic carbocycles. The number of carbonyl (C=O) groups is 2. The number of nitrogens with two attached hydrogens (primary N) is 2. The van der Waals surface area contributed by atoms with E-state index in [4.69, 9.17) is 11.5 Å². The van der Waals surface area contributed by atoms with Crippen molar-refractivity contribution in [1.82, 2.24) is 14.3 Å². The number of benzene rings is 2. The standard InChI is InChI=1S/C23H22FN7O2S/c1-12-8-20(34-31-12)30-17-11-18(16(24)10-15(17)21(25)32)29-19(22(26)33)9-13-2-4-14(5-3-13)23-27-6-7-28-23/h2-8,10-11,19,29-30H,9H2,1H3,(H2,25,32)(H2,26,33)(H,27,28). The van der Waals surface area contributed by atoms with E-state index in [9.17, 15) is 14.0 Å². The molecule has 34 heavy (non-hydrogen) atoms. The van der Waals surface area contributed by atoms with Crippen LogP contribution in [0, 0.1) is 12.7 Å². The Kier molecular flexibility index (Phi) is 6.55. The Morgan fingerprint density at radius 3 is 2.50 bits per heavy atom. The maximum Gasteiger partial charge on any atom is 0.250 e. The molecular formula is C23H22FN7O2S. The summed E-state index contributed by atoms with van der Waals surface area (Å²) in [4.78, 5) is 31.3. The third-order valence-corrected chi connectivity index (χ3v) is 5.89. The lowest BCUT2D eigenvalue weighted by Crippen LogP contribution is -2.37. The van der Waals surface area contributed by atoms with Crippen LogP contribution in [0.4, 0.5) is 20.8 Å². The van der Waals surface area contributed by atoms with Gasteiger partial charge in [-0.15, -0.1) is 0 Å². The molecule has 2 aromatic carbocycles. The molecule has 2 amide bonds. The molecule has 2 heterocycles. The largest absolute Gasteiger partial charge is 0.371 e. The highest BCUT2D eigenvalue weighted by Crippen LogP contribution is 2.30. The molecule has 11 heteroatoms. The second-order valence-corrected chi connectivity index (χ2v) is 8.44. The molecule has 0 saturated carbocycles. The SMILES string of the molecule is Cc1cc(Nc2cc(NC(Cc3ccc(-c4ncc[nH]4)cc3)C(N)=O)c(F)cc2C(N)=O)sn1. The van der Waals surface area contributed by atoms with Crippen molar-refractivity contribution in [3.05, 3.63) is 77.5 Å². The van der Waals surface area contributed by atoms with Gasteiger partial charge in [0.05, 0.1) is 22.6 Å². The van der Waals surface area contributed by atoms with Crippen molar-refractivity contribution in [2.24, 2.45) is 11.5 Å². The first-order valence-corrected chi connectivity index (χ1v) is 11.1. The van der Waals surface area contributed by atoms with Crippen molar-refractivity contribution in [2.45, 2.75) is 19.4 Å². The van der Waals surface area contributed by atoms with E-state index in [0.29, 0.717) is 5.00 Å². The molecule has 0 aliphatic rings. The molecule has 0 fully saturated rings. The summed E-state index contributed by atoms with van der Waals surface area (Å²) < 4.78 is 19.0. The number of nitrogens with zero attached hydrogens (tertiary/aromatic N) is 2. The Morgan fingerprint density at radius 2 is 1.91 bits per heavy atom. The van der Waals surface area contributed by atoms with Crippen LogP contribution in [0.3, 0.4) is 0 Å². The van der Waals surface area contributed by atoms with Crippen molar-refractivity contribution >= 4 is 39.7 Å². The highest BCUT2D eigenvalue weighted by molar-refractivity contribution is 7.10. The summed E-state index contributed by atoms with van der Waals surface area (Å²) in [6.07, 6.45) is 3.61. The average molecular weight is 480 g/mol. The van der Waals surface area contributed by atoms with E-state index < -0.39 is 23.7 Å². The number of hydrogen-bond acceptors (Lipinski definition) is 7. The lowest BCUT2D eigenvalue weighted by Gasteiger charge is -2.19. The molecular weight excluding hydrogens is 457 g/mol. The highest BCUT2D eigenvalue weighted by atomic mass is 32.1. The molecule has 0 saturated heterocycles. The maximum atomic E-state index is 14.8. The minimum atomic E-state index is -0.901. The first-order valence-electron chi connectivity index (χ1n) is 10.3. The van der Waals surface area contributed by atoms with E-state index in [-0.39, 0.29) is 23.4 Å². The third kappa shape index (κ3) is 5.21. The lowest BCUT2D eigenvalue weighted by molar-refractivity contribution is -0.118. The number of imidazole rings is 1. The van der Waals surface area contributed by atoms with Gasteiger partial charge in [0.25, 0.3) is 5.91 Å². The summed E-state index contributed by atoms with van der Waals surface area (Å²) in [5.74, 6) is -1.46. The summed E-state index contributed by atoms with van der Waals surface area (Å²) in [6.45, 7) is 1.83. The van der Waals surface area contributed by atoms with Crippen molar-refractivity contribution < 1.29 is 14.0 Å². The molecule has 7 N–H and O–H groups in total. The number of hydrogen-bond donors (Lipinski definition) is 5. The monoisotopic (exact) mass is 479 g/mol. The third-order valence-electron chi connectivity index (χ3n) is 5.10. The van der Waals surface area contributed by atoms with Crippen LogP contribution in [0.2, 0.25) is 0 Å². The smallest absolute Gasteiger partial charge is 0.250 e. The van der Waals surface area contributed by atoms with Gasteiger partial charge in [0.1, 0.15) is 22.7 Å². The molecule has 0 aliphatic heterocycles. The van der Waals surface area contributed by atoms with Crippen LogP contribution >= 0.6 is 11.5 Å². The van der Waals surface area contributed by atoms with Gasteiger partial charge in [-0.1, -0.05) is 24.3 Å². The van der Waals surface area contributed by atoms with Crippen LogP contribution in [-0.2, 0) is 11.2 Å². The highest BCUT2D eigenvalue weighted by Gasteiger charge is 2.21. The fraction of sp³-hybridized carbons (Fsp3) is 0.130. The number of halogens is 1. The van der Waals surface area contributed by atoms with Crippen molar-refractivity contribution in [1.29, 1.82) is 0 Å². The van der Waals surface area contributed by atoms with Gasteiger partial charge < -0.3 is 27.1 Å². The van der Waals surface area contributed by atoms with E-state index in [1.165, 1.54) is 17.6 Å². The Hall–Kier alpha value is -4.25. The van der Waals surface area contributed by atoms with Gasteiger partial charge in [-0.25, -0.2) is 9.37 Å².